The lowest BCUT2D eigenvalue weighted by atomic mass is 9.67. The van der Waals surface area contributed by atoms with Gasteiger partial charge in [0.2, 0.25) is 5.91 Å². The predicted molar refractivity (Wildman–Crippen MR) is 124 cm³/mol. The molecule has 1 atom stereocenters. The van der Waals surface area contributed by atoms with Crippen molar-refractivity contribution in [3.05, 3.63) is 59.7 Å². The molecule has 2 aliphatic carbocycles. The molecule has 2 aliphatic rings. The van der Waals surface area contributed by atoms with E-state index in [0.717, 1.165) is 28.7 Å². The first-order chi connectivity index (χ1) is 15.9. The van der Waals surface area contributed by atoms with E-state index in [-0.39, 0.29) is 25.0 Å². The number of likely N-dealkylation sites (N-methyl/N-ethyl adjacent to an activating group) is 1. The van der Waals surface area contributed by atoms with Crippen LogP contribution in [0, 0.1) is 5.41 Å². The molecule has 2 aromatic rings. The topological polar surface area (TPSA) is 95.9 Å². The Balaban J connectivity index is 1.39. The van der Waals surface area contributed by atoms with E-state index < -0.39 is 23.5 Å². The van der Waals surface area contributed by atoms with Gasteiger partial charge >= 0.3 is 12.1 Å². The summed E-state index contributed by atoms with van der Waals surface area (Å²) in [6.45, 7) is 3.93. The van der Waals surface area contributed by atoms with Gasteiger partial charge in [-0.25, -0.2) is 9.59 Å². The van der Waals surface area contributed by atoms with E-state index in [2.05, 4.69) is 29.6 Å². The Morgan fingerprint density at radius 1 is 1.09 bits per heavy atom. The highest BCUT2D eigenvalue weighted by Gasteiger charge is 2.47. The predicted octanol–water partition coefficient (Wildman–Crippen LogP) is 4.02. The van der Waals surface area contributed by atoms with Crippen molar-refractivity contribution in [1.82, 2.24) is 10.2 Å². The summed E-state index contributed by atoms with van der Waals surface area (Å²) >= 11 is 0. The normalized spacial score (nSPS) is 16.7. The number of ether oxygens (including phenoxy) is 1. The van der Waals surface area contributed by atoms with Gasteiger partial charge in [-0.2, -0.15) is 0 Å². The van der Waals surface area contributed by atoms with Crippen LogP contribution in [0.5, 0.6) is 0 Å². The van der Waals surface area contributed by atoms with Gasteiger partial charge in [-0.1, -0.05) is 55.0 Å². The van der Waals surface area contributed by atoms with Crippen molar-refractivity contribution in [2.45, 2.75) is 45.1 Å². The quantitative estimate of drug-likeness (QED) is 0.633. The molecular weight excluding hydrogens is 420 g/mol. The first-order valence-corrected chi connectivity index (χ1v) is 11.5. The molecule has 174 valence electrons. The third kappa shape index (κ3) is 4.19. The first kappa shape index (κ1) is 22.8. The highest BCUT2D eigenvalue weighted by atomic mass is 16.5. The molecule has 0 saturated heterocycles. The second kappa shape index (κ2) is 9.25. The molecule has 33 heavy (non-hydrogen) atoms. The summed E-state index contributed by atoms with van der Waals surface area (Å²) in [4.78, 5) is 38.5. The van der Waals surface area contributed by atoms with Gasteiger partial charge < -0.3 is 20.1 Å². The smallest absolute Gasteiger partial charge is 0.407 e. The number of benzene rings is 2. The van der Waals surface area contributed by atoms with Crippen LogP contribution in [0.2, 0.25) is 0 Å². The van der Waals surface area contributed by atoms with Crippen LogP contribution in [-0.4, -0.2) is 53.7 Å². The summed E-state index contributed by atoms with van der Waals surface area (Å²) in [7, 11) is 0. The molecule has 1 fully saturated rings. The Hall–Kier alpha value is -3.35. The molecule has 2 N–H and O–H groups in total. The van der Waals surface area contributed by atoms with E-state index in [1.807, 2.05) is 24.3 Å². The molecule has 7 heteroatoms. The summed E-state index contributed by atoms with van der Waals surface area (Å²) in [5, 5.41) is 12.1. The second-order valence-corrected chi connectivity index (χ2v) is 8.92. The number of amides is 2. The van der Waals surface area contributed by atoms with Crippen LogP contribution in [-0.2, 0) is 14.3 Å². The van der Waals surface area contributed by atoms with Gasteiger partial charge in [-0.15, -0.1) is 0 Å². The Bertz CT molecular complexity index is 1020. The number of alkyl carbamates (subject to hydrolysis) is 1. The molecule has 0 spiro atoms. The molecule has 0 aliphatic heterocycles. The third-order valence-electron chi connectivity index (χ3n) is 7.11. The van der Waals surface area contributed by atoms with E-state index in [9.17, 15) is 19.5 Å². The van der Waals surface area contributed by atoms with Crippen molar-refractivity contribution in [1.29, 1.82) is 0 Å². The van der Waals surface area contributed by atoms with Crippen molar-refractivity contribution in [2.75, 3.05) is 19.7 Å². The summed E-state index contributed by atoms with van der Waals surface area (Å²) in [5.74, 6) is -1.29. The van der Waals surface area contributed by atoms with E-state index >= 15 is 0 Å². The molecule has 2 aromatic carbocycles. The van der Waals surface area contributed by atoms with Crippen LogP contribution in [0.1, 0.15) is 50.2 Å². The van der Waals surface area contributed by atoms with Crippen LogP contribution in [0.4, 0.5) is 4.79 Å². The zero-order chi connectivity index (χ0) is 23.6. The average molecular weight is 451 g/mol. The largest absolute Gasteiger partial charge is 0.480 e. The maximum absolute atomic E-state index is 13.1. The molecular formula is C26H30N2O5. The fourth-order valence-corrected chi connectivity index (χ4v) is 4.99. The molecule has 4 rings (SSSR count). The minimum absolute atomic E-state index is 0.0329. The van der Waals surface area contributed by atoms with Crippen LogP contribution in [0.25, 0.3) is 11.1 Å². The van der Waals surface area contributed by atoms with Crippen molar-refractivity contribution in [3.8, 4) is 11.1 Å². The molecule has 0 aromatic heterocycles. The van der Waals surface area contributed by atoms with Gasteiger partial charge in [0.25, 0.3) is 0 Å². The van der Waals surface area contributed by atoms with E-state index in [0.29, 0.717) is 19.4 Å². The monoisotopic (exact) mass is 450 g/mol. The lowest BCUT2D eigenvalue weighted by Crippen LogP contribution is -2.56. The molecule has 2 amide bonds. The maximum Gasteiger partial charge on any atom is 0.407 e. The zero-order valence-corrected chi connectivity index (χ0v) is 19.0. The summed E-state index contributed by atoms with van der Waals surface area (Å²) in [6, 6.07) is 15.4. The van der Waals surface area contributed by atoms with Crippen LogP contribution in [0.15, 0.2) is 48.5 Å². The fourth-order valence-electron chi connectivity index (χ4n) is 4.99. The van der Waals surface area contributed by atoms with Gasteiger partial charge in [0, 0.05) is 19.0 Å². The van der Waals surface area contributed by atoms with E-state index in [1.54, 1.807) is 6.92 Å². The van der Waals surface area contributed by atoms with Gasteiger partial charge in [0.15, 0.2) is 0 Å². The first-order valence-electron chi connectivity index (χ1n) is 11.5. The van der Waals surface area contributed by atoms with Crippen molar-refractivity contribution < 1.29 is 24.2 Å². The molecule has 0 radical (unpaired) electrons. The number of nitrogens with zero attached hydrogens (tertiary/aromatic N) is 1. The lowest BCUT2D eigenvalue weighted by Gasteiger charge is -2.44. The van der Waals surface area contributed by atoms with Crippen LogP contribution in [0.3, 0.4) is 0 Å². The Kier molecular flexibility index (Phi) is 6.40. The number of aliphatic carboxylic acids is 1. The van der Waals surface area contributed by atoms with Gasteiger partial charge in [-0.3, -0.25) is 4.79 Å². The van der Waals surface area contributed by atoms with Crippen molar-refractivity contribution in [2.24, 2.45) is 5.41 Å². The summed E-state index contributed by atoms with van der Waals surface area (Å²) in [6.07, 6.45) is 1.55. The molecule has 1 saturated carbocycles. The van der Waals surface area contributed by atoms with Crippen LogP contribution >= 0.6 is 0 Å². The highest BCUT2D eigenvalue weighted by molar-refractivity contribution is 5.88. The number of fused-ring (bicyclic) bond motifs is 3. The van der Waals surface area contributed by atoms with Gasteiger partial charge in [0.05, 0.1) is 5.41 Å². The SMILES string of the molecule is CCN(C(=O)C1(CNC(=O)OCC2c3ccccc3-c3ccccc32)CCC1)C(C)C(=O)O. The Morgan fingerprint density at radius 2 is 1.67 bits per heavy atom. The second-order valence-electron chi connectivity index (χ2n) is 8.92. The molecule has 0 bridgehead atoms. The number of hydrogen-bond acceptors (Lipinski definition) is 4. The standard InChI is InChI=1S/C26H30N2O5/c1-3-28(17(2)23(29)30)24(31)26(13-8-14-26)16-27-25(32)33-15-22-20-11-6-4-9-18(20)19-10-5-7-12-21(19)22/h4-7,9-12,17,22H,3,8,13-16H2,1-2H3,(H,27,32)(H,29,30). The van der Waals surface area contributed by atoms with Crippen molar-refractivity contribution >= 4 is 18.0 Å². The average Bonchev–Trinajstić information content (AvgIpc) is 3.11. The number of nitrogens with one attached hydrogen (secondary N) is 1. The summed E-state index contributed by atoms with van der Waals surface area (Å²) in [5.41, 5.74) is 3.84. The molecule has 7 nitrogen and oxygen atoms in total. The third-order valence-corrected chi connectivity index (χ3v) is 7.11. The zero-order valence-electron chi connectivity index (χ0n) is 19.0. The number of carboxylic acids is 1. The number of carbonyl (C=O) groups excluding carboxylic acids is 2. The minimum atomic E-state index is -1.04. The van der Waals surface area contributed by atoms with E-state index in [1.165, 1.54) is 11.8 Å². The lowest BCUT2D eigenvalue weighted by molar-refractivity contribution is -0.157. The Labute approximate surface area is 193 Å². The highest BCUT2D eigenvalue weighted by Crippen LogP contribution is 2.45. The maximum atomic E-state index is 13.1. The van der Waals surface area contributed by atoms with Crippen molar-refractivity contribution in [3.63, 3.8) is 0 Å². The van der Waals surface area contributed by atoms with E-state index in [4.69, 9.17) is 4.74 Å². The fraction of sp³-hybridized carbons (Fsp3) is 0.423. The number of rotatable bonds is 8. The van der Waals surface area contributed by atoms with Gasteiger partial charge in [-0.05, 0) is 48.9 Å². The molecule has 0 heterocycles. The Morgan fingerprint density at radius 3 is 2.15 bits per heavy atom. The minimum Gasteiger partial charge on any atom is -0.480 e. The number of carbonyl (C=O) groups is 3. The number of carboxylic acid groups (broad SMARTS) is 1. The number of hydrogen-bond donors (Lipinski definition) is 2. The summed E-state index contributed by atoms with van der Waals surface area (Å²) < 4.78 is 5.59. The van der Waals surface area contributed by atoms with Crippen LogP contribution < -0.4 is 5.32 Å². The molecule has 1 unspecified atom stereocenters. The van der Waals surface area contributed by atoms with Gasteiger partial charge in [0.1, 0.15) is 12.6 Å².